The van der Waals surface area contributed by atoms with Crippen LogP contribution in [0.1, 0.15) is 18.4 Å². The Morgan fingerprint density at radius 1 is 1.19 bits per heavy atom. The van der Waals surface area contributed by atoms with Crippen LogP contribution in [0, 0.1) is 17.8 Å². The van der Waals surface area contributed by atoms with Gasteiger partial charge in [0.05, 0.1) is 0 Å². The van der Waals surface area contributed by atoms with Gasteiger partial charge in [-0.15, -0.1) is 0 Å². The number of aromatic nitrogens is 2. The summed E-state index contributed by atoms with van der Waals surface area (Å²) in [6.07, 6.45) is 5.80. The predicted molar refractivity (Wildman–Crippen MR) is 85.3 cm³/mol. The Morgan fingerprint density at radius 3 is 2.86 bits per heavy atom. The highest BCUT2D eigenvalue weighted by molar-refractivity contribution is 6.30. The summed E-state index contributed by atoms with van der Waals surface area (Å²) in [7, 11) is 0. The van der Waals surface area contributed by atoms with Gasteiger partial charge >= 0.3 is 0 Å². The van der Waals surface area contributed by atoms with Crippen molar-refractivity contribution in [3.63, 3.8) is 0 Å². The maximum Gasteiger partial charge on any atom is 0.225 e. The van der Waals surface area contributed by atoms with Gasteiger partial charge in [0.1, 0.15) is 0 Å². The molecule has 4 heteroatoms. The van der Waals surface area contributed by atoms with Crippen molar-refractivity contribution in [1.29, 1.82) is 0 Å². The van der Waals surface area contributed by atoms with Gasteiger partial charge in [-0.1, -0.05) is 29.5 Å². The van der Waals surface area contributed by atoms with Crippen molar-refractivity contribution >= 4 is 17.5 Å². The second-order valence-corrected chi connectivity index (χ2v) is 5.55. The van der Waals surface area contributed by atoms with E-state index >= 15 is 0 Å². The van der Waals surface area contributed by atoms with Crippen molar-refractivity contribution in [1.82, 2.24) is 9.97 Å². The maximum absolute atomic E-state index is 5.98. The van der Waals surface area contributed by atoms with E-state index in [1.54, 1.807) is 12.4 Å². The van der Waals surface area contributed by atoms with E-state index in [0.717, 1.165) is 42.5 Å². The first-order chi connectivity index (χ1) is 10.3. The Kier molecular flexibility index (Phi) is 4.37. The third-order valence-corrected chi connectivity index (χ3v) is 3.74. The molecule has 1 saturated heterocycles. The SMILES string of the molecule is Clc1cccc(C#CC2CCCN(c3ncccn3)C2)c1. The molecule has 2 heterocycles. The Morgan fingerprint density at radius 2 is 2.05 bits per heavy atom. The average molecular weight is 298 g/mol. The van der Waals surface area contributed by atoms with E-state index in [1.807, 2.05) is 30.3 Å². The molecule has 0 amide bonds. The number of nitrogens with zero attached hydrogens (tertiary/aromatic N) is 3. The molecule has 0 saturated carbocycles. The lowest BCUT2D eigenvalue weighted by molar-refractivity contribution is 0.491. The fraction of sp³-hybridized carbons (Fsp3) is 0.294. The van der Waals surface area contributed by atoms with Crippen molar-refractivity contribution in [3.8, 4) is 11.8 Å². The van der Waals surface area contributed by atoms with Crippen LogP contribution in [0.4, 0.5) is 5.95 Å². The summed E-state index contributed by atoms with van der Waals surface area (Å²) in [6, 6.07) is 9.51. The quantitative estimate of drug-likeness (QED) is 0.756. The number of halogens is 1. The lowest BCUT2D eigenvalue weighted by Gasteiger charge is -2.30. The summed E-state index contributed by atoms with van der Waals surface area (Å²) in [4.78, 5) is 10.8. The molecule has 1 aliphatic rings. The fourth-order valence-electron chi connectivity index (χ4n) is 2.48. The molecule has 3 rings (SSSR count). The molecule has 0 N–H and O–H groups in total. The zero-order valence-electron chi connectivity index (χ0n) is 11.7. The smallest absolute Gasteiger partial charge is 0.225 e. The largest absolute Gasteiger partial charge is 0.340 e. The summed E-state index contributed by atoms with van der Waals surface area (Å²) >= 11 is 5.98. The van der Waals surface area contributed by atoms with E-state index in [-0.39, 0.29) is 0 Å². The highest BCUT2D eigenvalue weighted by atomic mass is 35.5. The molecule has 106 valence electrons. The van der Waals surface area contributed by atoms with Crippen molar-refractivity contribution in [2.45, 2.75) is 12.8 Å². The van der Waals surface area contributed by atoms with E-state index in [1.165, 1.54) is 0 Å². The van der Waals surface area contributed by atoms with Crippen LogP contribution in [0.25, 0.3) is 0 Å². The normalized spacial score (nSPS) is 18.0. The van der Waals surface area contributed by atoms with Gasteiger partial charge < -0.3 is 4.90 Å². The standard InChI is InChI=1S/C17H16ClN3/c18-16-6-1-4-14(12-16)7-8-15-5-2-11-21(13-15)17-19-9-3-10-20-17/h1,3-4,6,9-10,12,15H,2,5,11,13H2. The summed E-state index contributed by atoms with van der Waals surface area (Å²) in [5.41, 5.74) is 0.968. The van der Waals surface area contributed by atoms with E-state index in [2.05, 4.69) is 26.7 Å². The van der Waals surface area contributed by atoms with Crippen molar-refractivity contribution in [3.05, 3.63) is 53.3 Å². The molecule has 2 aromatic rings. The first kappa shape index (κ1) is 13.9. The van der Waals surface area contributed by atoms with E-state index in [9.17, 15) is 0 Å². The van der Waals surface area contributed by atoms with Gasteiger partial charge in [-0.05, 0) is 37.1 Å². The van der Waals surface area contributed by atoms with Gasteiger partial charge in [-0.3, -0.25) is 0 Å². The van der Waals surface area contributed by atoms with Gasteiger partial charge in [0.2, 0.25) is 5.95 Å². The van der Waals surface area contributed by atoms with E-state index in [0.29, 0.717) is 5.92 Å². The third kappa shape index (κ3) is 3.74. The minimum absolute atomic E-state index is 0.349. The summed E-state index contributed by atoms with van der Waals surface area (Å²) in [6.45, 7) is 1.89. The van der Waals surface area contributed by atoms with Crippen LogP contribution in [0.5, 0.6) is 0 Å². The van der Waals surface area contributed by atoms with Gasteiger partial charge in [0, 0.05) is 42.0 Å². The van der Waals surface area contributed by atoms with Gasteiger partial charge in [0.25, 0.3) is 0 Å². The zero-order chi connectivity index (χ0) is 14.5. The van der Waals surface area contributed by atoms with Crippen molar-refractivity contribution in [2.75, 3.05) is 18.0 Å². The Bertz CT molecular complexity index is 660. The van der Waals surface area contributed by atoms with Gasteiger partial charge in [0.15, 0.2) is 0 Å². The summed E-state index contributed by atoms with van der Waals surface area (Å²) < 4.78 is 0. The molecule has 21 heavy (non-hydrogen) atoms. The number of benzene rings is 1. The van der Waals surface area contributed by atoms with Crippen LogP contribution in [0.2, 0.25) is 5.02 Å². The Balaban J connectivity index is 1.70. The maximum atomic E-state index is 5.98. The monoisotopic (exact) mass is 297 g/mol. The first-order valence-electron chi connectivity index (χ1n) is 7.10. The molecule has 1 unspecified atom stereocenters. The molecule has 0 aliphatic carbocycles. The number of anilines is 1. The second-order valence-electron chi connectivity index (χ2n) is 5.11. The molecule has 1 fully saturated rings. The first-order valence-corrected chi connectivity index (χ1v) is 7.48. The highest BCUT2D eigenvalue weighted by Crippen LogP contribution is 2.19. The van der Waals surface area contributed by atoms with Crippen LogP contribution in [-0.4, -0.2) is 23.1 Å². The topological polar surface area (TPSA) is 29.0 Å². The fourth-order valence-corrected chi connectivity index (χ4v) is 2.67. The zero-order valence-corrected chi connectivity index (χ0v) is 12.4. The van der Waals surface area contributed by atoms with Crippen LogP contribution < -0.4 is 4.90 Å². The Labute approximate surface area is 130 Å². The third-order valence-electron chi connectivity index (χ3n) is 3.50. The van der Waals surface area contributed by atoms with Crippen molar-refractivity contribution in [2.24, 2.45) is 5.92 Å². The number of hydrogen-bond donors (Lipinski definition) is 0. The van der Waals surface area contributed by atoms with Crippen molar-refractivity contribution < 1.29 is 0 Å². The van der Waals surface area contributed by atoms with Gasteiger partial charge in [-0.25, -0.2) is 9.97 Å². The average Bonchev–Trinajstić information content (AvgIpc) is 2.54. The predicted octanol–water partition coefficient (Wildman–Crippen LogP) is 3.40. The molecule has 1 aromatic heterocycles. The molecule has 0 radical (unpaired) electrons. The molecule has 1 aromatic carbocycles. The minimum Gasteiger partial charge on any atom is -0.340 e. The lowest BCUT2D eigenvalue weighted by Crippen LogP contribution is -2.36. The molecule has 0 bridgehead atoms. The summed E-state index contributed by atoms with van der Waals surface area (Å²) in [5.74, 6) is 7.73. The number of hydrogen-bond acceptors (Lipinski definition) is 3. The van der Waals surface area contributed by atoms with Crippen LogP contribution in [0.15, 0.2) is 42.7 Å². The number of rotatable bonds is 1. The summed E-state index contributed by atoms with van der Waals surface area (Å²) in [5, 5.41) is 0.727. The molecule has 1 aliphatic heterocycles. The number of piperidine rings is 1. The highest BCUT2D eigenvalue weighted by Gasteiger charge is 2.19. The van der Waals surface area contributed by atoms with E-state index < -0.39 is 0 Å². The van der Waals surface area contributed by atoms with Crippen LogP contribution in [-0.2, 0) is 0 Å². The van der Waals surface area contributed by atoms with Crippen LogP contribution in [0.3, 0.4) is 0 Å². The molecular formula is C17H16ClN3. The second kappa shape index (κ2) is 6.60. The molecule has 0 spiro atoms. The van der Waals surface area contributed by atoms with Crippen LogP contribution >= 0.6 is 11.6 Å². The lowest BCUT2D eigenvalue weighted by atomic mass is 9.98. The van der Waals surface area contributed by atoms with E-state index in [4.69, 9.17) is 11.6 Å². The Hall–Kier alpha value is -2.05. The molecule has 1 atom stereocenters. The molecule has 3 nitrogen and oxygen atoms in total. The van der Waals surface area contributed by atoms with Gasteiger partial charge in [-0.2, -0.15) is 0 Å². The molecular weight excluding hydrogens is 282 g/mol. The minimum atomic E-state index is 0.349.